The van der Waals surface area contributed by atoms with Crippen molar-refractivity contribution in [2.45, 2.75) is 20.8 Å². The largest absolute Gasteiger partial charge is 0.398 e. The van der Waals surface area contributed by atoms with E-state index in [0.717, 1.165) is 16.8 Å². The molecule has 0 heterocycles. The smallest absolute Gasteiger partial charge is 0.217 e. The number of anilines is 1. The Bertz CT molecular complexity index is 422. The Morgan fingerprint density at radius 2 is 2.12 bits per heavy atom. The number of hydrogen-bond acceptors (Lipinski definition) is 2. The van der Waals surface area contributed by atoms with E-state index in [2.05, 4.69) is 11.4 Å². The number of nitrogens with two attached hydrogens (primary N) is 1. The summed E-state index contributed by atoms with van der Waals surface area (Å²) in [6.07, 6.45) is 3.83. The number of carbonyl (C=O) groups is 1. The zero-order valence-electron chi connectivity index (χ0n) is 10.0. The van der Waals surface area contributed by atoms with E-state index >= 15 is 0 Å². The second kappa shape index (κ2) is 5.35. The van der Waals surface area contributed by atoms with Gasteiger partial charge in [0.1, 0.15) is 0 Å². The molecule has 1 amide bonds. The lowest BCUT2D eigenvalue weighted by molar-refractivity contribution is -0.118. The molecule has 0 aliphatic heterocycles. The molecule has 0 bridgehead atoms. The van der Waals surface area contributed by atoms with Crippen LogP contribution in [0.15, 0.2) is 18.2 Å². The highest BCUT2D eigenvalue weighted by Gasteiger charge is 1.99. The average molecular weight is 218 g/mol. The zero-order valence-corrected chi connectivity index (χ0v) is 10.0. The van der Waals surface area contributed by atoms with Gasteiger partial charge in [-0.05, 0) is 31.0 Å². The van der Waals surface area contributed by atoms with Crippen LogP contribution in [0, 0.1) is 13.8 Å². The van der Waals surface area contributed by atoms with Crippen molar-refractivity contribution in [3.63, 3.8) is 0 Å². The second-order valence-electron chi connectivity index (χ2n) is 3.92. The number of nitrogen functional groups attached to an aromatic ring is 1. The molecule has 3 N–H and O–H groups in total. The maximum atomic E-state index is 10.7. The maximum absolute atomic E-state index is 10.7. The van der Waals surface area contributed by atoms with E-state index in [0.29, 0.717) is 6.54 Å². The van der Waals surface area contributed by atoms with Crippen molar-refractivity contribution in [1.29, 1.82) is 0 Å². The van der Waals surface area contributed by atoms with Gasteiger partial charge in [0.25, 0.3) is 0 Å². The summed E-state index contributed by atoms with van der Waals surface area (Å²) >= 11 is 0. The minimum atomic E-state index is -0.0296. The molecule has 3 nitrogen and oxygen atoms in total. The van der Waals surface area contributed by atoms with Crippen LogP contribution in [0.3, 0.4) is 0 Å². The van der Waals surface area contributed by atoms with Gasteiger partial charge in [0, 0.05) is 19.2 Å². The third-order valence-electron chi connectivity index (χ3n) is 2.33. The normalized spacial score (nSPS) is 10.7. The van der Waals surface area contributed by atoms with Crippen LogP contribution in [0.5, 0.6) is 0 Å². The molecular formula is C13H18N2O. The molecule has 16 heavy (non-hydrogen) atoms. The second-order valence-corrected chi connectivity index (χ2v) is 3.92. The molecule has 0 spiro atoms. The van der Waals surface area contributed by atoms with Gasteiger partial charge in [0.15, 0.2) is 0 Å². The number of rotatable bonds is 3. The highest BCUT2D eigenvalue weighted by atomic mass is 16.1. The van der Waals surface area contributed by atoms with Crippen molar-refractivity contribution in [3.05, 3.63) is 34.9 Å². The topological polar surface area (TPSA) is 55.1 Å². The van der Waals surface area contributed by atoms with Crippen LogP contribution >= 0.6 is 0 Å². The van der Waals surface area contributed by atoms with E-state index in [1.165, 1.54) is 12.5 Å². The first kappa shape index (κ1) is 12.3. The molecule has 0 radical (unpaired) electrons. The van der Waals surface area contributed by atoms with Crippen molar-refractivity contribution in [1.82, 2.24) is 5.32 Å². The SMILES string of the molecule is CC(=O)NCC=Cc1cc(C)cc(C)c1N. The molecule has 0 aromatic heterocycles. The van der Waals surface area contributed by atoms with Gasteiger partial charge in [-0.15, -0.1) is 0 Å². The molecule has 0 aliphatic carbocycles. The van der Waals surface area contributed by atoms with Gasteiger partial charge in [-0.3, -0.25) is 4.79 Å². The van der Waals surface area contributed by atoms with Crippen LogP contribution < -0.4 is 11.1 Å². The summed E-state index contributed by atoms with van der Waals surface area (Å²) in [4.78, 5) is 10.7. The summed E-state index contributed by atoms with van der Waals surface area (Å²) in [7, 11) is 0. The van der Waals surface area contributed by atoms with Crippen LogP contribution in [0.25, 0.3) is 6.08 Å². The van der Waals surface area contributed by atoms with E-state index in [9.17, 15) is 4.79 Å². The molecule has 0 atom stereocenters. The van der Waals surface area contributed by atoms with Crippen LogP contribution in [0.2, 0.25) is 0 Å². The fraction of sp³-hybridized carbons (Fsp3) is 0.308. The molecule has 1 rings (SSSR count). The molecule has 1 aromatic rings. The average Bonchev–Trinajstić information content (AvgIpc) is 2.19. The summed E-state index contributed by atoms with van der Waals surface area (Å²) in [6, 6.07) is 4.09. The fourth-order valence-electron chi connectivity index (χ4n) is 1.54. The summed E-state index contributed by atoms with van der Waals surface area (Å²) < 4.78 is 0. The van der Waals surface area contributed by atoms with Crippen LogP contribution in [0.1, 0.15) is 23.6 Å². The Labute approximate surface area is 96.3 Å². The third kappa shape index (κ3) is 3.42. The Hall–Kier alpha value is -1.77. The quantitative estimate of drug-likeness (QED) is 0.763. The number of aryl methyl sites for hydroxylation is 2. The Kier molecular flexibility index (Phi) is 4.11. The molecular weight excluding hydrogens is 200 g/mol. The summed E-state index contributed by atoms with van der Waals surface area (Å²) in [6.45, 7) is 6.06. The lowest BCUT2D eigenvalue weighted by Crippen LogP contribution is -2.19. The van der Waals surface area contributed by atoms with Crippen LogP contribution in [0.4, 0.5) is 5.69 Å². The minimum absolute atomic E-state index is 0.0296. The first-order chi connectivity index (χ1) is 7.50. The maximum Gasteiger partial charge on any atom is 0.217 e. The molecule has 0 aliphatic rings. The lowest BCUT2D eigenvalue weighted by Gasteiger charge is -2.06. The standard InChI is InChI=1S/C13H18N2O/c1-9-7-10(2)13(14)12(8-9)5-4-6-15-11(3)16/h4-5,7-8H,6,14H2,1-3H3,(H,15,16). The Balaban J connectivity index is 2.77. The number of carbonyl (C=O) groups excluding carboxylic acids is 1. The Morgan fingerprint density at radius 1 is 1.44 bits per heavy atom. The van der Waals surface area contributed by atoms with Crippen molar-refractivity contribution >= 4 is 17.7 Å². The summed E-state index contributed by atoms with van der Waals surface area (Å²) in [5.41, 5.74) is 10.0. The molecule has 0 saturated heterocycles. The summed E-state index contributed by atoms with van der Waals surface area (Å²) in [5, 5.41) is 2.70. The zero-order chi connectivity index (χ0) is 12.1. The van der Waals surface area contributed by atoms with Crippen molar-refractivity contribution < 1.29 is 4.79 Å². The first-order valence-electron chi connectivity index (χ1n) is 5.28. The molecule has 3 heteroatoms. The molecule has 0 unspecified atom stereocenters. The Morgan fingerprint density at radius 3 is 2.75 bits per heavy atom. The predicted molar refractivity (Wildman–Crippen MR) is 68.0 cm³/mol. The van der Waals surface area contributed by atoms with Crippen molar-refractivity contribution in [3.8, 4) is 0 Å². The van der Waals surface area contributed by atoms with Gasteiger partial charge in [0.2, 0.25) is 5.91 Å². The third-order valence-corrected chi connectivity index (χ3v) is 2.33. The van der Waals surface area contributed by atoms with E-state index in [-0.39, 0.29) is 5.91 Å². The number of nitrogens with one attached hydrogen (secondary N) is 1. The van der Waals surface area contributed by atoms with Gasteiger partial charge < -0.3 is 11.1 Å². The predicted octanol–water partition coefficient (Wildman–Crippen LogP) is 2.03. The van der Waals surface area contributed by atoms with Crippen LogP contribution in [-0.2, 0) is 4.79 Å². The van der Waals surface area contributed by atoms with E-state index in [1.54, 1.807) is 0 Å². The van der Waals surface area contributed by atoms with Crippen molar-refractivity contribution in [2.24, 2.45) is 0 Å². The van der Waals surface area contributed by atoms with E-state index in [1.807, 2.05) is 32.1 Å². The van der Waals surface area contributed by atoms with E-state index in [4.69, 9.17) is 5.73 Å². The molecule has 1 aromatic carbocycles. The van der Waals surface area contributed by atoms with Gasteiger partial charge in [-0.25, -0.2) is 0 Å². The fourth-order valence-corrected chi connectivity index (χ4v) is 1.54. The lowest BCUT2D eigenvalue weighted by atomic mass is 10.0. The number of hydrogen-bond donors (Lipinski definition) is 2. The van der Waals surface area contributed by atoms with Crippen molar-refractivity contribution in [2.75, 3.05) is 12.3 Å². The number of amides is 1. The summed E-state index contributed by atoms with van der Waals surface area (Å²) in [5.74, 6) is -0.0296. The van der Waals surface area contributed by atoms with E-state index < -0.39 is 0 Å². The van der Waals surface area contributed by atoms with Gasteiger partial charge >= 0.3 is 0 Å². The minimum Gasteiger partial charge on any atom is -0.398 e. The number of benzene rings is 1. The van der Waals surface area contributed by atoms with Gasteiger partial charge in [-0.2, -0.15) is 0 Å². The molecule has 0 fully saturated rings. The monoisotopic (exact) mass is 218 g/mol. The highest BCUT2D eigenvalue weighted by molar-refractivity contribution is 5.73. The molecule has 86 valence electrons. The van der Waals surface area contributed by atoms with Gasteiger partial charge in [-0.1, -0.05) is 23.8 Å². The molecule has 0 saturated carbocycles. The van der Waals surface area contributed by atoms with Gasteiger partial charge in [0.05, 0.1) is 0 Å². The highest BCUT2D eigenvalue weighted by Crippen LogP contribution is 2.20. The first-order valence-corrected chi connectivity index (χ1v) is 5.28. The van der Waals surface area contributed by atoms with Crippen LogP contribution in [-0.4, -0.2) is 12.5 Å².